The van der Waals surface area contributed by atoms with Gasteiger partial charge in [-0.05, 0) is 17.7 Å². The summed E-state index contributed by atoms with van der Waals surface area (Å²) in [6.45, 7) is 1.43. The Morgan fingerprint density at radius 3 is 2.85 bits per heavy atom. The van der Waals surface area contributed by atoms with Crippen molar-refractivity contribution in [1.29, 1.82) is 0 Å². The minimum atomic E-state index is -0.206. The SMILES string of the molecule is O=CN1CC(c2cccc(F)c2)C1. The minimum absolute atomic E-state index is 0.206. The molecule has 1 aliphatic heterocycles. The molecule has 0 radical (unpaired) electrons. The Balaban J connectivity index is 2.07. The Bertz CT molecular complexity index is 320. The van der Waals surface area contributed by atoms with Gasteiger partial charge in [0, 0.05) is 19.0 Å². The number of benzene rings is 1. The highest BCUT2D eigenvalue weighted by Gasteiger charge is 2.26. The van der Waals surface area contributed by atoms with Crippen molar-refractivity contribution in [3.8, 4) is 0 Å². The average Bonchev–Trinajstić information content (AvgIpc) is 2.02. The number of nitrogens with zero attached hydrogens (tertiary/aromatic N) is 1. The molecule has 68 valence electrons. The molecule has 0 aliphatic carbocycles. The lowest BCUT2D eigenvalue weighted by Gasteiger charge is -2.36. The summed E-state index contributed by atoms with van der Waals surface area (Å²) in [5, 5.41) is 0. The van der Waals surface area contributed by atoms with Crippen LogP contribution in [0.1, 0.15) is 11.5 Å². The van der Waals surface area contributed by atoms with Crippen LogP contribution in [0.3, 0.4) is 0 Å². The molecule has 13 heavy (non-hydrogen) atoms. The van der Waals surface area contributed by atoms with Gasteiger partial charge in [0.15, 0.2) is 0 Å². The molecule has 1 aromatic rings. The molecule has 0 bridgehead atoms. The highest BCUT2D eigenvalue weighted by molar-refractivity contribution is 5.50. The molecule has 0 aromatic heterocycles. The lowest BCUT2D eigenvalue weighted by molar-refractivity contribution is -0.122. The van der Waals surface area contributed by atoms with E-state index in [-0.39, 0.29) is 5.82 Å². The van der Waals surface area contributed by atoms with Crippen molar-refractivity contribution in [1.82, 2.24) is 4.90 Å². The Morgan fingerprint density at radius 1 is 1.46 bits per heavy atom. The lowest BCUT2D eigenvalue weighted by atomic mass is 9.92. The topological polar surface area (TPSA) is 20.3 Å². The molecular weight excluding hydrogens is 169 g/mol. The first-order chi connectivity index (χ1) is 6.29. The van der Waals surface area contributed by atoms with Crippen molar-refractivity contribution in [2.45, 2.75) is 5.92 Å². The predicted molar refractivity (Wildman–Crippen MR) is 46.8 cm³/mol. The van der Waals surface area contributed by atoms with E-state index >= 15 is 0 Å². The number of carbonyl (C=O) groups excluding carboxylic acids is 1. The van der Waals surface area contributed by atoms with Crippen LogP contribution in [0.2, 0.25) is 0 Å². The number of carbonyl (C=O) groups is 1. The molecule has 0 atom stereocenters. The Morgan fingerprint density at radius 2 is 2.23 bits per heavy atom. The summed E-state index contributed by atoms with van der Waals surface area (Å²) in [6, 6.07) is 6.57. The van der Waals surface area contributed by atoms with Crippen molar-refractivity contribution < 1.29 is 9.18 Å². The molecule has 1 heterocycles. The Labute approximate surface area is 76.0 Å². The van der Waals surface area contributed by atoms with Crippen LogP contribution in [0.25, 0.3) is 0 Å². The minimum Gasteiger partial charge on any atom is -0.344 e. The van der Waals surface area contributed by atoms with Gasteiger partial charge >= 0.3 is 0 Å². The second-order valence-electron chi connectivity index (χ2n) is 3.31. The summed E-state index contributed by atoms with van der Waals surface area (Å²) in [5.74, 6) is 0.114. The van der Waals surface area contributed by atoms with Gasteiger partial charge in [0.25, 0.3) is 0 Å². The normalized spacial score (nSPS) is 16.8. The third-order valence-corrected chi connectivity index (χ3v) is 2.38. The molecule has 1 aliphatic rings. The van der Waals surface area contributed by atoms with Crippen molar-refractivity contribution in [3.05, 3.63) is 35.6 Å². The molecule has 2 nitrogen and oxygen atoms in total. The zero-order valence-electron chi connectivity index (χ0n) is 7.11. The molecule has 1 amide bonds. The number of halogens is 1. The van der Waals surface area contributed by atoms with Crippen LogP contribution < -0.4 is 0 Å². The maximum atomic E-state index is 12.8. The van der Waals surface area contributed by atoms with Crippen molar-refractivity contribution in [3.63, 3.8) is 0 Å². The molecule has 3 heteroatoms. The summed E-state index contributed by atoms with van der Waals surface area (Å²) in [5.41, 5.74) is 0.984. The monoisotopic (exact) mass is 179 g/mol. The third-order valence-electron chi connectivity index (χ3n) is 2.38. The maximum Gasteiger partial charge on any atom is 0.209 e. The molecule has 1 aromatic carbocycles. The summed E-state index contributed by atoms with van der Waals surface area (Å²) in [4.78, 5) is 12.0. The molecule has 0 unspecified atom stereocenters. The molecule has 0 spiro atoms. The van der Waals surface area contributed by atoms with E-state index in [9.17, 15) is 9.18 Å². The van der Waals surface area contributed by atoms with Gasteiger partial charge in [-0.3, -0.25) is 4.79 Å². The van der Waals surface area contributed by atoms with Gasteiger partial charge in [0.1, 0.15) is 5.82 Å². The van der Waals surface area contributed by atoms with E-state index in [4.69, 9.17) is 0 Å². The van der Waals surface area contributed by atoms with Gasteiger partial charge in [-0.25, -0.2) is 4.39 Å². The first kappa shape index (κ1) is 8.23. The molecule has 0 N–H and O–H groups in total. The first-order valence-electron chi connectivity index (χ1n) is 4.24. The van der Waals surface area contributed by atoms with Crippen LogP contribution in [-0.4, -0.2) is 24.4 Å². The fourth-order valence-corrected chi connectivity index (χ4v) is 1.57. The summed E-state index contributed by atoms with van der Waals surface area (Å²) in [7, 11) is 0. The summed E-state index contributed by atoms with van der Waals surface area (Å²) >= 11 is 0. The van der Waals surface area contributed by atoms with Crippen LogP contribution in [-0.2, 0) is 4.79 Å². The second kappa shape index (κ2) is 3.17. The molecule has 0 saturated carbocycles. The lowest BCUT2D eigenvalue weighted by Crippen LogP contribution is -2.43. The zero-order valence-corrected chi connectivity index (χ0v) is 7.11. The highest BCUT2D eigenvalue weighted by Crippen LogP contribution is 2.25. The predicted octanol–water partition coefficient (Wildman–Crippen LogP) is 1.38. The van der Waals surface area contributed by atoms with Crippen LogP contribution >= 0.6 is 0 Å². The van der Waals surface area contributed by atoms with Crippen LogP contribution in [0.4, 0.5) is 4.39 Å². The number of hydrogen-bond acceptors (Lipinski definition) is 1. The maximum absolute atomic E-state index is 12.8. The molecule has 2 rings (SSSR count). The summed E-state index contributed by atoms with van der Waals surface area (Å²) in [6.07, 6.45) is 0.829. The van der Waals surface area contributed by atoms with Crippen LogP contribution in [0.5, 0.6) is 0 Å². The quantitative estimate of drug-likeness (QED) is 0.628. The Hall–Kier alpha value is -1.38. The van der Waals surface area contributed by atoms with Gasteiger partial charge < -0.3 is 4.90 Å². The van der Waals surface area contributed by atoms with E-state index < -0.39 is 0 Å². The number of hydrogen-bond donors (Lipinski definition) is 0. The van der Waals surface area contributed by atoms with Crippen molar-refractivity contribution >= 4 is 6.41 Å². The van der Waals surface area contributed by atoms with Gasteiger partial charge in [-0.2, -0.15) is 0 Å². The number of rotatable bonds is 2. The van der Waals surface area contributed by atoms with E-state index in [1.54, 1.807) is 11.0 Å². The van der Waals surface area contributed by atoms with E-state index in [0.29, 0.717) is 19.0 Å². The molecule has 1 fully saturated rings. The average molecular weight is 179 g/mol. The van der Waals surface area contributed by atoms with Gasteiger partial charge in [0.2, 0.25) is 6.41 Å². The van der Waals surface area contributed by atoms with Gasteiger partial charge in [0.05, 0.1) is 0 Å². The highest BCUT2D eigenvalue weighted by atomic mass is 19.1. The largest absolute Gasteiger partial charge is 0.344 e. The summed E-state index contributed by atoms with van der Waals surface area (Å²) < 4.78 is 12.8. The fraction of sp³-hybridized carbons (Fsp3) is 0.300. The van der Waals surface area contributed by atoms with Crippen molar-refractivity contribution in [2.75, 3.05) is 13.1 Å². The smallest absolute Gasteiger partial charge is 0.209 e. The van der Waals surface area contributed by atoms with E-state index in [2.05, 4.69) is 0 Å². The standard InChI is InChI=1S/C10H10FNO/c11-10-3-1-2-8(4-10)9-5-12(6-9)7-13/h1-4,7,9H,5-6H2. The van der Waals surface area contributed by atoms with Crippen LogP contribution in [0.15, 0.2) is 24.3 Å². The van der Waals surface area contributed by atoms with E-state index in [0.717, 1.165) is 12.0 Å². The first-order valence-corrected chi connectivity index (χ1v) is 4.24. The van der Waals surface area contributed by atoms with Crippen molar-refractivity contribution in [2.24, 2.45) is 0 Å². The number of likely N-dealkylation sites (tertiary alicyclic amines) is 1. The zero-order chi connectivity index (χ0) is 9.26. The fourth-order valence-electron chi connectivity index (χ4n) is 1.57. The van der Waals surface area contributed by atoms with E-state index in [1.807, 2.05) is 6.07 Å². The van der Waals surface area contributed by atoms with Crippen LogP contribution in [0, 0.1) is 5.82 Å². The number of amides is 1. The second-order valence-corrected chi connectivity index (χ2v) is 3.31. The van der Waals surface area contributed by atoms with Gasteiger partial charge in [-0.1, -0.05) is 12.1 Å². The Kier molecular flexibility index (Phi) is 2.00. The van der Waals surface area contributed by atoms with E-state index in [1.165, 1.54) is 12.1 Å². The third kappa shape index (κ3) is 1.54. The molecular formula is C10H10FNO. The molecule has 1 saturated heterocycles. The van der Waals surface area contributed by atoms with Gasteiger partial charge in [-0.15, -0.1) is 0 Å².